The molecule has 2 N–H and O–H groups in total. The third kappa shape index (κ3) is 1.60. The lowest BCUT2D eigenvalue weighted by Crippen LogP contribution is -2.00. The second-order valence-corrected chi connectivity index (χ2v) is 3.92. The summed E-state index contributed by atoms with van der Waals surface area (Å²) in [4.78, 5) is 4.06. The van der Waals surface area contributed by atoms with Crippen molar-refractivity contribution in [3.8, 4) is 5.69 Å². The Morgan fingerprint density at radius 1 is 1.00 bits per heavy atom. The first kappa shape index (κ1) is 10.7. The number of nitrogens with two attached hydrogens (primary N) is 1. The van der Waals surface area contributed by atoms with Crippen LogP contribution in [-0.4, -0.2) is 9.55 Å². The van der Waals surface area contributed by atoms with Crippen molar-refractivity contribution in [2.75, 3.05) is 5.73 Å². The Hall–Kier alpha value is -2.43. The SMILES string of the molecule is Nc1nc2cc(F)ccc2n1-c1cccc(F)c1. The number of aromatic nitrogens is 2. The zero-order valence-electron chi connectivity index (χ0n) is 9.27. The topological polar surface area (TPSA) is 43.8 Å². The van der Waals surface area contributed by atoms with Crippen LogP contribution in [0.4, 0.5) is 14.7 Å². The van der Waals surface area contributed by atoms with E-state index in [9.17, 15) is 8.78 Å². The van der Waals surface area contributed by atoms with Gasteiger partial charge in [0, 0.05) is 6.07 Å². The molecule has 0 fully saturated rings. The summed E-state index contributed by atoms with van der Waals surface area (Å²) in [5.74, 6) is -0.552. The highest BCUT2D eigenvalue weighted by atomic mass is 19.1. The number of anilines is 1. The first-order valence-electron chi connectivity index (χ1n) is 5.34. The van der Waals surface area contributed by atoms with Gasteiger partial charge in [0.1, 0.15) is 11.6 Å². The molecule has 18 heavy (non-hydrogen) atoms. The predicted molar refractivity (Wildman–Crippen MR) is 65.4 cm³/mol. The maximum Gasteiger partial charge on any atom is 0.205 e. The van der Waals surface area contributed by atoms with Crippen LogP contribution in [0.15, 0.2) is 42.5 Å². The molecule has 1 aromatic heterocycles. The van der Waals surface area contributed by atoms with Crippen LogP contribution >= 0.6 is 0 Å². The fourth-order valence-electron chi connectivity index (χ4n) is 1.96. The molecule has 0 bridgehead atoms. The molecule has 0 aliphatic carbocycles. The smallest absolute Gasteiger partial charge is 0.205 e. The first-order valence-corrected chi connectivity index (χ1v) is 5.34. The molecule has 0 aliphatic rings. The maximum atomic E-state index is 13.2. The molecule has 2 aromatic carbocycles. The Labute approximate surface area is 101 Å². The number of nitrogens with zero attached hydrogens (tertiary/aromatic N) is 2. The minimum absolute atomic E-state index is 0.196. The van der Waals surface area contributed by atoms with Crippen molar-refractivity contribution in [2.45, 2.75) is 0 Å². The van der Waals surface area contributed by atoms with Crippen LogP contribution in [0.5, 0.6) is 0 Å². The zero-order valence-corrected chi connectivity index (χ0v) is 9.27. The van der Waals surface area contributed by atoms with Crippen molar-refractivity contribution in [1.29, 1.82) is 0 Å². The van der Waals surface area contributed by atoms with Crippen LogP contribution in [0.1, 0.15) is 0 Å². The lowest BCUT2D eigenvalue weighted by atomic mass is 10.2. The number of hydrogen-bond acceptors (Lipinski definition) is 2. The summed E-state index contributed by atoms with van der Waals surface area (Å²) in [6.45, 7) is 0. The summed E-state index contributed by atoms with van der Waals surface area (Å²) in [5, 5.41) is 0. The molecule has 0 saturated heterocycles. The fourth-order valence-corrected chi connectivity index (χ4v) is 1.96. The van der Waals surface area contributed by atoms with E-state index in [1.54, 1.807) is 22.8 Å². The Morgan fingerprint density at radius 2 is 1.78 bits per heavy atom. The summed E-state index contributed by atoms with van der Waals surface area (Å²) >= 11 is 0. The molecular formula is C13H9F2N3. The number of imidazole rings is 1. The van der Waals surface area contributed by atoms with Gasteiger partial charge in [-0.2, -0.15) is 0 Å². The molecule has 0 amide bonds. The average Bonchev–Trinajstić information content (AvgIpc) is 2.64. The average molecular weight is 245 g/mol. The van der Waals surface area contributed by atoms with E-state index in [1.165, 1.54) is 24.3 Å². The van der Waals surface area contributed by atoms with Crippen molar-refractivity contribution in [1.82, 2.24) is 9.55 Å². The van der Waals surface area contributed by atoms with Crippen LogP contribution in [0.25, 0.3) is 16.7 Å². The Morgan fingerprint density at radius 3 is 2.56 bits per heavy atom. The van der Waals surface area contributed by atoms with Gasteiger partial charge >= 0.3 is 0 Å². The van der Waals surface area contributed by atoms with Crippen LogP contribution in [0.2, 0.25) is 0 Å². The molecular weight excluding hydrogens is 236 g/mol. The van der Waals surface area contributed by atoms with Crippen molar-refractivity contribution in [2.24, 2.45) is 0 Å². The highest BCUT2D eigenvalue weighted by Gasteiger charge is 2.10. The van der Waals surface area contributed by atoms with Crippen LogP contribution in [0.3, 0.4) is 0 Å². The second kappa shape index (κ2) is 3.80. The van der Waals surface area contributed by atoms with Gasteiger partial charge in [-0.05, 0) is 30.3 Å². The molecule has 3 rings (SSSR count). The minimum Gasteiger partial charge on any atom is -0.369 e. The van der Waals surface area contributed by atoms with Gasteiger partial charge in [0.15, 0.2) is 0 Å². The highest BCUT2D eigenvalue weighted by molar-refractivity contribution is 5.80. The summed E-state index contributed by atoms with van der Waals surface area (Å²) in [7, 11) is 0. The molecule has 0 unspecified atom stereocenters. The van der Waals surface area contributed by atoms with Gasteiger partial charge in [0.05, 0.1) is 16.7 Å². The molecule has 0 aliphatic heterocycles. The van der Waals surface area contributed by atoms with E-state index in [1.807, 2.05) is 0 Å². The standard InChI is InChI=1S/C13H9F2N3/c14-8-2-1-3-10(6-8)18-12-5-4-9(15)7-11(12)17-13(18)16/h1-7H,(H2,16,17). The lowest BCUT2D eigenvalue weighted by Gasteiger charge is -2.06. The normalized spacial score (nSPS) is 11.0. The van der Waals surface area contributed by atoms with Gasteiger partial charge in [-0.15, -0.1) is 0 Å². The fraction of sp³-hybridized carbons (Fsp3) is 0. The first-order chi connectivity index (χ1) is 8.65. The van der Waals surface area contributed by atoms with Gasteiger partial charge in [-0.25, -0.2) is 13.8 Å². The van der Waals surface area contributed by atoms with E-state index in [0.29, 0.717) is 16.7 Å². The maximum absolute atomic E-state index is 13.2. The van der Waals surface area contributed by atoms with E-state index in [2.05, 4.69) is 4.98 Å². The second-order valence-electron chi connectivity index (χ2n) is 3.92. The zero-order chi connectivity index (χ0) is 12.7. The summed E-state index contributed by atoms with van der Waals surface area (Å²) in [6, 6.07) is 10.2. The minimum atomic E-state index is -0.383. The van der Waals surface area contributed by atoms with E-state index in [-0.39, 0.29) is 17.6 Å². The molecule has 5 heteroatoms. The molecule has 0 radical (unpaired) electrons. The Balaban J connectivity index is 2.32. The van der Waals surface area contributed by atoms with Gasteiger partial charge in [0.2, 0.25) is 5.95 Å². The number of hydrogen-bond donors (Lipinski definition) is 1. The number of nitrogen functional groups attached to an aromatic ring is 1. The number of halogens is 2. The summed E-state index contributed by atoms with van der Waals surface area (Å²) in [6.07, 6.45) is 0. The largest absolute Gasteiger partial charge is 0.369 e. The van der Waals surface area contributed by atoms with Gasteiger partial charge in [-0.1, -0.05) is 6.07 Å². The number of benzene rings is 2. The Bertz CT molecular complexity index is 734. The van der Waals surface area contributed by atoms with E-state index in [4.69, 9.17) is 5.73 Å². The molecule has 0 atom stereocenters. The van der Waals surface area contributed by atoms with Crippen molar-refractivity contribution >= 4 is 17.0 Å². The number of rotatable bonds is 1. The highest BCUT2D eigenvalue weighted by Crippen LogP contribution is 2.23. The predicted octanol–water partition coefficient (Wildman–Crippen LogP) is 2.89. The molecule has 1 heterocycles. The van der Waals surface area contributed by atoms with E-state index < -0.39 is 0 Å². The monoisotopic (exact) mass is 245 g/mol. The van der Waals surface area contributed by atoms with E-state index >= 15 is 0 Å². The van der Waals surface area contributed by atoms with Crippen molar-refractivity contribution in [3.63, 3.8) is 0 Å². The van der Waals surface area contributed by atoms with Crippen LogP contribution < -0.4 is 5.73 Å². The molecule has 3 aromatic rings. The van der Waals surface area contributed by atoms with Gasteiger partial charge in [-0.3, -0.25) is 4.57 Å². The molecule has 0 saturated carbocycles. The van der Waals surface area contributed by atoms with Crippen molar-refractivity contribution in [3.05, 3.63) is 54.1 Å². The van der Waals surface area contributed by atoms with E-state index in [0.717, 1.165) is 0 Å². The Kier molecular flexibility index (Phi) is 2.26. The lowest BCUT2D eigenvalue weighted by molar-refractivity contribution is 0.626. The van der Waals surface area contributed by atoms with Crippen LogP contribution in [-0.2, 0) is 0 Å². The molecule has 0 spiro atoms. The van der Waals surface area contributed by atoms with Gasteiger partial charge < -0.3 is 5.73 Å². The third-order valence-corrected chi connectivity index (χ3v) is 2.71. The summed E-state index contributed by atoms with van der Waals surface area (Å²) < 4.78 is 27.9. The quantitative estimate of drug-likeness (QED) is 0.716. The third-order valence-electron chi connectivity index (χ3n) is 2.71. The summed E-state index contributed by atoms with van der Waals surface area (Å²) in [5.41, 5.74) is 7.43. The van der Waals surface area contributed by atoms with Gasteiger partial charge in [0.25, 0.3) is 0 Å². The molecule has 90 valence electrons. The van der Waals surface area contributed by atoms with Crippen molar-refractivity contribution < 1.29 is 8.78 Å². The number of fused-ring (bicyclic) bond motifs is 1. The molecule has 3 nitrogen and oxygen atoms in total. The van der Waals surface area contributed by atoms with Crippen LogP contribution in [0, 0.1) is 11.6 Å².